The molecule has 0 fully saturated rings. The molecular formula is C29H27BrN4O3S. The number of para-hydroxylation sites is 2. The molecule has 0 atom stereocenters. The Hall–Kier alpha value is -3.56. The first-order valence-corrected chi connectivity index (χ1v) is 14.7. The minimum absolute atomic E-state index is 0.0468. The average molecular weight is 592 g/mol. The molecule has 0 aliphatic heterocycles. The topological polar surface area (TPSA) is 94.0 Å². The van der Waals surface area contributed by atoms with Crippen molar-refractivity contribution in [2.45, 2.75) is 49.4 Å². The number of nitrogens with zero attached hydrogens (tertiary/aromatic N) is 3. The Morgan fingerprint density at radius 3 is 2.34 bits per heavy atom. The van der Waals surface area contributed by atoms with Gasteiger partial charge in [0.25, 0.3) is 5.91 Å². The van der Waals surface area contributed by atoms with Crippen LogP contribution in [0.5, 0.6) is 0 Å². The van der Waals surface area contributed by atoms with Crippen LogP contribution in [0.4, 0.5) is 5.82 Å². The van der Waals surface area contributed by atoms with Crippen LogP contribution in [-0.2, 0) is 16.4 Å². The van der Waals surface area contributed by atoms with Gasteiger partial charge in [0.1, 0.15) is 16.2 Å². The molecule has 5 rings (SSSR count). The van der Waals surface area contributed by atoms with Crippen LogP contribution in [0.15, 0.2) is 87.1 Å². The number of aryl methyl sites for hydroxylation is 2. The van der Waals surface area contributed by atoms with Crippen LogP contribution in [-0.4, -0.2) is 28.9 Å². The monoisotopic (exact) mass is 590 g/mol. The lowest BCUT2D eigenvalue weighted by atomic mass is 10.2. The Bertz CT molecular complexity index is 1760. The predicted octanol–water partition coefficient (Wildman–Crippen LogP) is 6.93. The SMILES string of the molecule is CCCCCn1c(NC(=O)c2cccc(Br)c2)c(S(=O)(=O)c2ccc(C)cc2)c2nc3ccccc3nc21. The molecule has 0 aliphatic carbocycles. The van der Waals surface area contributed by atoms with Gasteiger partial charge in [-0.15, -0.1) is 0 Å². The molecule has 0 saturated heterocycles. The predicted molar refractivity (Wildman–Crippen MR) is 153 cm³/mol. The molecule has 0 radical (unpaired) electrons. The second-order valence-electron chi connectivity index (χ2n) is 9.20. The van der Waals surface area contributed by atoms with Crippen molar-refractivity contribution in [3.8, 4) is 0 Å². The van der Waals surface area contributed by atoms with E-state index in [2.05, 4.69) is 28.2 Å². The number of hydrogen-bond donors (Lipinski definition) is 1. The van der Waals surface area contributed by atoms with Crippen molar-refractivity contribution < 1.29 is 13.2 Å². The maximum absolute atomic E-state index is 14.2. The van der Waals surface area contributed by atoms with Crippen LogP contribution >= 0.6 is 15.9 Å². The Morgan fingerprint density at radius 2 is 1.66 bits per heavy atom. The lowest BCUT2D eigenvalue weighted by Gasteiger charge is -2.13. The molecular weight excluding hydrogens is 564 g/mol. The number of halogens is 1. The van der Waals surface area contributed by atoms with Crippen molar-refractivity contribution in [3.63, 3.8) is 0 Å². The summed E-state index contributed by atoms with van der Waals surface area (Å²) in [4.78, 5) is 23.1. The summed E-state index contributed by atoms with van der Waals surface area (Å²) in [5.74, 6) is -0.243. The van der Waals surface area contributed by atoms with Crippen molar-refractivity contribution in [3.05, 3.63) is 88.4 Å². The molecule has 3 aromatic carbocycles. The van der Waals surface area contributed by atoms with Gasteiger partial charge in [-0.2, -0.15) is 0 Å². The second kappa shape index (κ2) is 10.7. The molecule has 5 aromatic rings. The smallest absolute Gasteiger partial charge is 0.256 e. The molecule has 1 amide bonds. The summed E-state index contributed by atoms with van der Waals surface area (Å²) in [5.41, 5.74) is 3.24. The normalized spacial score (nSPS) is 11.8. The largest absolute Gasteiger partial charge is 0.309 e. The Morgan fingerprint density at radius 1 is 0.947 bits per heavy atom. The molecule has 1 N–H and O–H groups in total. The Labute approximate surface area is 230 Å². The minimum Gasteiger partial charge on any atom is -0.309 e. The minimum atomic E-state index is -4.07. The van der Waals surface area contributed by atoms with E-state index < -0.39 is 15.7 Å². The van der Waals surface area contributed by atoms with Crippen molar-refractivity contribution in [1.82, 2.24) is 14.5 Å². The summed E-state index contributed by atoms with van der Waals surface area (Å²) >= 11 is 3.41. The van der Waals surface area contributed by atoms with Gasteiger partial charge in [0, 0.05) is 16.6 Å². The first-order valence-electron chi connectivity index (χ1n) is 12.5. The van der Waals surface area contributed by atoms with Gasteiger partial charge in [-0.1, -0.05) is 71.6 Å². The van der Waals surface area contributed by atoms with Gasteiger partial charge in [0.2, 0.25) is 9.84 Å². The van der Waals surface area contributed by atoms with Gasteiger partial charge >= 0.3 is 0 Å². The van der Waals surface area contributed by atoms with Gasteiger partial charge in [-0.25, -0.2) is 18.4 Å². The highest BCUT2D eigenvalue weighted by Gasteiger charge is 2.32. The molecule has 38 heavy (non-hydrogen) atoms. The summed E-state index contributed by atoms with van der Waals surface area (Å²) in [7, 11) is -4.07. The summed E-state index contributed by atoms with van der Waals surface area (Å²) in [6.45, 7) is 4.48. The highest BCUT2D eigenvalue weighted by atomic mass is 79.9. The molecule has 194 valence electrons. The van der Waals surface area contributed by atoms with E-state index in [1.54, 1.807) is 53.1 Å². The number of hydrogen-bond acceptors (Lipinski definition) is 5. The van der Waals surface area contributed by atoms with E-state index in [1.165, 1.54) is 0 Å². The van der Waals surface area contributed by atoms with Gasteiger partial charge in [0.15, 0.2) is 5.65 Å². The number of carbonyl (C=O) groups excluding carboxylic acids is 1. The van der Waals surface area contributed by atoms with Crippen LogP contribution in [0.3, 0.4) is 0 Å². The lowest BCUT2D eigenvalue weighted by Crippen LogP contribution is -2.18. The first kappa shape index (κ1) is 26.1. The van der Waals surface area contributed by atoms with E-state index in [4.69, 9.17) is 9.97 Å². The molecule has 2 heterocycles. The molecule has 0 unspecified atom stereocenters. The van der Waals surface area contributed by atoms with E-state index >= 15 is 0 Å². The quantitative estimate of drug-likeness (QED) is 0.198. The van der Waals surface area contributed by atoms with Gasteiger partial charge in [0.05, 0.1) is 15.9 Å². The van der Waals surface area contributed by atoms with Crippen molar-refractivity contribution >= 4 is 59.7 Å². The molecule has 7 nitrogen and oxygen atoms in total. The van der Waals surface area contributed by atoms with Gasteiger partial charge in [-0.05, 0) is 55.8 Å². The summed E-state index contributed by atoms with van der Waals surface area (Å²) in [6.07, 6.45) is 2.72. The van der Waals surface area contributed by atoms with Crippen LogP contribution < -0.4 is 5.32 Å². The van der Waals surface area contributed by atoms with Crippen LogP contribution in [0.2, 0.25) is 0 Å². The standard InChI is InChI=1S/C29H27BrN4O3S/c1-3-4-7-17-34-27-25(31-23-11-5-6-12-24(23)32-27)26(38(36,37)22-15-13-19(2)14-16-22)28(34)33-29(35)20-9-8-10-21(30)18-20/h5-6,8-16,18H,3-4,7,17H2,1-2H3,(H,33,35). The average Bonchev–Trinajstić information content (AvgIpc) is 3.20. The van der Waals surface area contributed by atoms with E-state index in [9.17, 15) is 13.2 Å². The van der Waals surface area contributed by atoms with Gasteiger partial charge < -0.3 is 9.88 Å². The summed E-state index contributed by atoms with van der Waals surface area (Å²) in [5, 5.41) is 2.92. The number of aromatic nitrogens is 3. The maximum atomic E-state index is 14.2. The zero-order chi connectivity index (χ0) is 26.9. The molecule has 0 spiro atoms. The van der Waals surface area contributed by atoms with Crippen LogP contribution in [0, 0.1) is 6.92 Å². The number of anilines is 1. The van der Waals surface area contributed by atoms with Crippen LogP contribution in [0.25, 0.3) is 22.2 Å². The second-order valence-corrected chi connectivity index (χ2v) is 12.0. The summed E-state index contributed by atoms with van der Waals surface area (Å²) in [6, 6.07) is 21.0. The van der Waals surface area contributed by atoms with Gasteiger partial charge in [-0.3, -0.25) is 4.79 Å². The third kappa shape index (κ3) is 4.96. The molecule has 0 aliphatic rings. The molecule has 9 heteroatoms. The maximum Gasteiger partial charge on any atom is 0.256 e. The highest BCUT2D eigenvalue weighted by Crippen LogP contribution is 2.37. The number of unbranched alkanes of at least 4 members (excludes halogenated alkanes) is 2. The molecule has 0 saturated carbocycles. The fourth-order valence-corrected chi connectivity index (χ4v) is 6.37. The number of sulfone groups is 1. The molecule has 2 aromatic heterocycles. The van der Waals surface area contributed by atoms with Crippen molar-refractivity contribution in [1.29, 1.82) is 0 Å². The number of nitrogens with one attached hydrogen (secondary N) is 1. The number of fused-ring (bicyclic) bond motifs is 2. The first-order chi connectivity index (χ1) is 18.3. The third-order valence-corrected chi connectivity index (χ3v) is 8.72. The third-order valence-electron chi connectivity index (χ3n) is 6.41. The number of rotatable bonds is 8. The molecule has 0 bridgehead atoms. The van der Waals surface area contributed by atoms with E-state index in [1.807, 2.05) is 31.2 Å². The van der Waals surface area contributed by atoms with E-state index in [-0.39, 0.29) is 21.1 Å². The Kier molecular flexibility index (Phi) is 7.32. The fourth-order valence-electron chi connectivity index (χ4n) is 4.43. The van der Waals surface area contributed by atoms with E-state index in [0.717, 1.165) is 29.3 Å². The van der Waals surface area contributed by atoms with Crippen LogP contribution in [0.1, 0.15) is 42.1 Å². The van der Waals surface area contributed by atoms with Crippen molar-refractivity contribution in [2.24, 2.45) is 0 Å². The Balaban J connectivity index is 1.80. The van der Waals surface area contributed by atoms with E-state index in [0.29, 0.717) is 28.8 Å². The highest BCUT2D eigenvalue weighted by molar-refractivity contribution is 9.10. The van der Waals surface area contributed by atoms with Crippen molar-refractivity contribution in [2.75, 3.05) is 5.32 Å². The number of benzene rings is 3. The fraction of sp³-hybridized carbons (Fsp3) is 0.207. The zero-order valence-electron chi connectivity index (χ0n) is 21.1. The number of amides is 1. The zero-order valence-corrected chi connectivity index (χ0v) is 23.5. The number of carbonyl (C=O) groups is 1. The summed E-state index contributed by atoms with van der Waals surface area (Å²) < 4.78 is 30.9. The lowest BCUT2D eigenvalue weighted by molar-refractivity contribution is 0.102.